The third-order valence-corrected chi connectivity index (χ3v) is 4.66. The maximum absolute atomic E-state index is 12.7. The van der Waals surface area contributed by atoms with E-state index in [9.17, 15) is 14.4 Å². The second kappa shape index (κ2) is 8.77. The van der Waals surface area contributed by atoms with Crippen LogP contribution in [0.3, 0.4) is 0 Å². The van der Waals surface area contributed by atoms with Crippen LogP contribution in [0.5, 0.6) is 5.75 Å². The lowest BCUT2D eigenvalue weighted by molar-refractivity contribution is -0.145. The van der Waals surface area contributed by atoms with Crippen LogP contribution in [-0.2, 0) is 20.7 Å². The zero-order chi connectivity index (χ0) is 21.8. The highest BCUT2D eigenvalue weighted by molar-refractivity contribution is 6.44. The molecule has 0 spiro atoms. The number of nitrogens with two attached hydrogens (primary N) is 1. The lowest BCUT2D eigenvalue weighted by Crippen LogP contribution is -2.24. The van der Waals surface area contributed by atoms with E-state index in [1.54, 1.807) is 31.4 Å². The monoisotopic (exact) mass is 409 g/mol. The number of amides is 1. The van der Waals surface area contributed by atoms with E-state index in [2.05, 4.69) is 5.10 Å². The molecule has 0 aliphatic rings. The van der Waals surface area contributed by atoms with Gasteiger partial charge in [-0.3, -0.25) is 9.59 Å². The number of Topliss-reactive ketones (excluding diaryl/α,β-unsaturated/α-hetero) is 1. The molecule has 0 saturated carbocycles. The van der Waals surface area contributed by atoms with Gasteiger partial charge in [0, 0.05) is 12.5 Å². The van der Waals surface area contributed by atoms with Gasteiger partial charge in [0.2, 0.25) is 0 Å². The van der Waals surface area contributed by atoms with Gasteiger partial charge in [-0.05, 0) is 31.9 Å². The molecule has 1 aromatic carbocycles. The highest BCUT2D eigenvalue weighted by atomic mass is 16.6. The molecule has 1 amide bonds. The van der Waals surface area contributed by atoms with E-state index >= 15 is 0 Å². The molecule has 156 valence electrons. The number of nitrogens with zero attached hydrogens (tertiary/aromatic N) is 2. The molecule has 0 radical (unpaired) electrons. The SMILES string of the molecule is CCOC(=O)COc1cc(C)nn2c(Cc3ccccc3)c(C)c(C(=O)C(N)=O)c12. The van der Waals surface area contributed by atoms with Crippen molar-refractivity contribution in [3.8, 4) is 5.75 Å². The molecule has 2 heterocycles. The standard InChI is InChI=1S/C22H23N3O5/c1-4-29-18(26)12-30-17-10-13(2)24-25-16(11-15-8-6-5-7-9-15)14(3)19(20(17)25)21(27)22(23)28/h5-10H,4,11-12H2,1-3H3,(H2,23,28). The predicted octanol–water partition coefficient (Wildman–Crippen LogP) is 2.15. The Hall–Kier alpha value is -3.68. The number of aryl methyl sites for hydroxylation is 1. The van der Waals surface area contributed by atoms with Gasteiger partial charge >= 0.3 is 5.97 Å². The Balaban J connectivity index is 2.20. The largest absolute Gasteiger partial charge is 0.480 e. The number of hydrogen-bond acceptors (Lipinski definition) is 6. The van der Waals surface area contributed by atoms with Crippen molar-refractivity contribution in [2.45, 2.75) is 27.2 Å². The lowest BCUT2D eigenvalue weighted by atomic mass is 10.0. The molecule has 8 nitrogen and oxygen atoms in total. The first-order chi connectivity index (χ1) is 14.3. The third kappa shape index (κ3) is 4.17. The van der Waals surface area contributed by atoms with Crippen molar-refractivity contribution in [1.82, 2.24) is 9.61 Å². The average molecular weight is 409 g/mol. The topological polar surface area (TPSA) is 113 Å². The van der Waals surface area contributed by atoms with Gasteiger partial charge in [-0.25, -0.2) is 9.31 Å². The van der Waals surface area contributed by atoms with Crippen LogP contribution in [0.25, 0.3) is 5.52 Å². The summed E-state index contributed by atoms with van der Waals surface area (Å²) in [5.41, 5.74) is 8.66. The number of benzene rings is 1. The van der Waals surface area contributed by atoms with Gasteiger partial charge < -0.3 is 15.2 Å². The number of fused-ring (bicyclic) bond motifs is 1. The summed E-state index contributed by atoms with van der Waals surface area (Å²) >= 11 is 0. The number of carbonyl (C=O) groups excluding carboxylic acids is 3. The van der Waals surface area contributed by atoms with Crippen LogP contribution in [0, 0.1) is 13.8 Å². The van der Waals surface area contributed by atoms with E-state index in [0.717, 1.165) is 11.3 Å². The van der Waals surface area contributed by atoms with Crippen molar-refractivity contribution in [2.75, 3.05) is 13.2 Å². The van der Waals surface area contributed by atoms with E-state index in [1.807, 2.05) is 30.3 Å². The molecule has 0 atom stereocenters. The van der Waals surface area contributed by atoms with Crippen molar-refractivity contribution in [2.24, 2.45) is 5.73 Å². The summed E-state index contributed by atoms with van der Waals surface area (Å²) in [5, 5.41) is 4.54. The molecule has 0 aliphatic carbocycles. The van der Waals surface area contributed by atoms with Crippen molar-refractivity contribution < 1.29 is 23.9 Å². The Morgan fingerprint density at radius 3 is 2.47 bits per heavy atom. The van der Waals surface area contributed by atoms with Gasteiger partial charge in [0.15, 0.2) is 6.61 Å². The van der Waals surface area contributed by atoms with Crippen LogP contribution >= 0.6 is 0 Å². The summed E-state index contributed by atoms with van der Waals surface area (Å²) in [4.78, 5) is 36.1. The predicted molar refractivity (Wildman–Crippen MR) is 110 cm³/mol. The van der Waals surface area contributed by atoms with Crippen LogP contribution in [0.2, 0.25) is 0 Å². The summed E-state index contributed by atoms with van der Waals surface area (Å²) in [6.45, 7) is 5.10. The number of primary amides is 1. The molecule has 0 aliphatic heterocycles. The van der Waals surface area contributed by atoms with E-state index in [1.165, 1.54) is 0 Å². The minimum absolute atomic E-state index is 0.125. The number of aromatic nitrogens is 2. The molecule has 3 rings (SSSR count). The fraction of sp³-hybridized carbons (Fsp3) is 0.273. The highest BCUT2D eigenvalue weighted by Crippen LogP contribution is 2.32. The van der Waals surface area contributed by atoms with E-state index in [0.29, 0.717) is 23.2 Å². The Bertz CT molecular complexity index is 1120. The zero-order valence-corrected chi connectivity index (χ0v) is 17.1. The van der Waals surface area contributed by atoms with Gasteiger partial charge in [-0.15, -0.1) is 0 Å². The van der Waals surface area contributed by atoms with Crippen LogP contribution in [0.4, 0.5) is 0 Å². The molecule has 3 aromatic rings. The molecule has 0 unspecified atom stereocenters. The number of ketones is 1. The fourth-order valence-electron chi connectivity index (χ4n) is 3.35. The number of carbonyl (C=O) groups is 3. The van der Waals surface area contributed by atoms with Crippen molar-refractivity contribution in [3.63, 3.8) is 0 Å². The Kier molecular flexibility index (Phi) is 6.15. The number of hydrogen-bond donors (Lipinski definition) is 1. The van der Waals surface area contributed by atoms with Gasteiger partial charge in [0.1, 0.15) is 11.3 Å². The summed E-state index contributed by atoms with van der Waals surface area (Å²) in [7, 11) is 0. The molecular formula is C22H23N3O5. The first-order valence-corrected chi connectivity index (χ1v) is 9.51. The fourth-order valence-corrected chi connectivity index (χ4v) is 3.35. The molecule has 2 aromatic heterocycles. The molecular weight excluding hydrogens is 386 g/mol. The quantitative estimate of drug-likeness (QED) is 0.346. The summed E-state index contributed by atoms with van der Waals surface area (Å²) in [6, 6.07) is 11.3. The lowest BCUT2D eigenvalue weighted by Gasteiger charge is -2.11. The number of ether oxygens (including phenoxy) is 2. The third-order valence-electron chi connectivity index (χ3n) is 4.66. The van der Waals surface area contributed by atoms with Gasteiger partial charge in [0.25, 0.3) is 11.7 Å². The molecule has 0 bridgehead atoms. The van der Waals surface area contributed by atoms with Crippen molar-refractivity contribution in [3.05, 3.63) is 64.5 Å². The minimum Gasteiger partial charge on any atom is -0.480 e. The van der Waals surface area contributed by atoms with Crippen LogP contribution in [0.1, 0.15) is 39.8 Å². The number of esters is 1. The second-order valence-electron chi connectivity index (χ2n) is 6.81. The van der Waals surface area contributed by atoms with Crippen LogP contribution in [0.15, 0.2) is 36.4 Å². The highest BCUT2D eigenvalue weighted by Gasteiger charge is 2.28. The number of rotatable bonds is 8. The molecule has 30 heavy (non-hydrogen) atoms. The van der Waals surface area contributed by atoms with Crippen LogP contribution in [-0.4, -0.2) is 40.5 Å². The first kappa shape index (κ1) is 21.0. The van der Waals surface area contributed by atoms with Gasteiger partial charge in [-0.2, -0.15) is 5.10 Å². The minimum atomic E-state index is -1.08. The van der Waals surface area contributed by atoms with Gasteiger partial charge in [-0.1, -0.05) is 30.3 Å². The smallest absolute Gasteiger partial charge is 0.344 e. The maximum Gasteiger partial charge on any atom is 0.344 e. The second-order valence-corrected chi connectivity index (χ2v) is 6.81. The average Bonchev–Trinajstić information content (AvgIpc) is 2.98. The summed E-state index contributed by atoms with van der Waals surface area (Å²) in [5.74, 6) is -2.20. The van der Waals surface area contributed by atoms with E-state index < -0.39 is 17.7 Å². The molecule has 8 heteroatoms. The van der Waals surface area contributed by atoms with Crippen LogP contribution < -0.4 is 10.5 Å². The van der Waals surface area contributed by atoms with Crippen molar-refractivity contribution in [1.29, 1.82) is 0 Å². The Morgan fingerprint density at radius 2 is 1.83 bits per heavy atom. The summed E-state index contributed by atoms with van der Waals surface area (Å²) < 4.78 is 12.2. The Labute approximate surface area is 173 Å². The first-order valence-electron chi connectivity index (χ1n) is 9.51. The van der Waals surface area contributed by atoms with Gasteiger partial charge in [0.05, 0.1) is 23.6 Å². The van der Waals surface area contributed by atoms with Crippen molar-refractivity contribution >= 4 is 23.2 Å². The zero-order valence-electron chi connectivity index (χ0n) is 17.1. The molecule has 0 fully saturated rings. The van der Waals surface area contributed by atoms with E-state index in [-0.39, 0.29) is 24.5 Å². The van der Waals surface area contributed by atoms with E-state index in [4.69, 9.17) is 15.2 Å². The molecule has 0 saturated heterocycles. The molecule has 2 N–H and O–H groups in total. The normalized spacial score (nSPS) is 10.8. The summed E-state index contributed by atoms with van der Waals surface area (Å²) in [6.07, 6.45) is 0.480. The Morgan fingerprint density at radius 1 is 1.13 bits per heavy atom. The maximum atomic E-state index is 12.7.